The standard InChI is InChI=1S/C20H19BrN6/c21-17-14-25-27-19(24-13-16-7-4-9-22-12-16)11-18(26-20(17)27)23-10-8-15-5-2-1-3-6-15/h1-7,9,11-12,14,24H,8,10,13H2,(H,23,26). The van der Waals surface area contributed by atoms with Crippen LogP contribution in [0.25, 0.3) is 5.65 Å². The van der Waals surface area contributed by atoms with Crippen molar-refractivity contribution in [2.45, 2.75) is 13.0 Å². The van der Waals surface area contributed by atoms with Crippen LogP contribution < -0.4 is 10.6 Å². The van der Waals surface area contributed by atoms with E-state index in [9.17, 15) is 0 Å². The van der Waals surface area contributed by atoms with Gasteiger partial charge >= 0.3 is 0 Å². The van der Waals surface area contributed by atoms with Gasteiger partial charge in [-0.3, -0.25) is 4.98 Å². The maximum absolute atomic E-state index is 4.67. The van der Waals surface area contributed by atoms with Gasteiger partial charge in [0.05, 0.1) is 10.7 Å². The monoisotopic (exact) mass is 422 g/mol. The molecular weight excluding hydrogens is 404 g/mol. The van der Waals surface area contributed by atoms with Crippen molar-refractivity contribution in [2.75, 3.05) is 17.2 Å². The fourth-order valence-corrected chi connectivity index (χ4v) is 3.18. The van der Waals surface area contributed by atoms with Crippen LogP contribution in [0.4, 0.5) is 11.6 Å². The SMILES string of the molecule is Brc1cnn2c(NCc3cccnc3)cc(NCCc3ccccc3)nc12. The second-order valence-corrected chi connectivity index (χ2v) is 6.99. The predicted octanol–water partition coefficient (Wildman–Crippen LogP) is 4.15. The topological polar surface area (TPSA) is 67.1 Å². The van der Waals surface area contributed by atoms with Crippen LogP contribution in [0.5, 0.6) is 0 Å². The molecule has 0 radical (unpaired) electrons. The molecule has 0 saturated heterocycles. The number of aromatic nitrogens is 4. The fourth-order valence-electron chi connectivity index (χ4n) is 2.83. The summed E-state index contributed by atoms with van der Waals surface area (Å²) in [6, 6.07) is 16.4. The molecule has 4 rings (SSSR count). The van der Waals surface area contributed by atoms with Gasteiger partial charge in [-0.2, -0.15) is 9.61 Å². The van der Waals surface area contributed by atoms with Crippen LogP contribution in [0, 0.1) is 0 Å². The summed E-state index contributed by atoms with van der Waals surface area (Å²) in [6.07, 6.45) is 6.31. The Hall–Kier alpha value is -2.93. The van der Waals surface area contributed by atoms with Gasteiger partial charge in [0.2, 0.25) is 0 Å². The summed E-state index contributed by atoms with van der Waals surface area (Å²) in [7, 11) is 0. The van der Waals surface area contributed by atoms with Crippen LogP contribution in [0.1, 0.15) is 11.1 Å². The van der Waals surface area contributed by atoms with E-state index >= 15 is 0 Å². The van der Waals surface area contributed by atoms with Crippen molar-refractivity contribution >= 4 is 33.2 Å². The Labute approximate surface area is 165 Å². The molecule has 0 bridgehead atoms. The molecule has 0 spiro atoms. The van der Waals surface area contributed by atoms with Gasteiger partial charge in [0.15, 0.2) is 5.65 Å². The third-order valence-corrected chi connectivity index (χ3v) is 4.75. The van der Waals surface area contributed by atoms with Crippen LogP contribution in [0.15, 0.2) is 71.6 Å². The maximum atomic E-state index is 4.67. The summed E-state index contributed by atoms with van der Waals surface area (Å²) in [4.78, 5) is 8.83. The average molecular weight is 423 g/mol. The first-order valence-corrected chi connectivity index (χ1v) is 9.54. The van der Waals surface area contributed by atoms with E-state index in [0.717, 1.165) is 40.3 Å². The van der Waals surface area contributed by atoms with E-state index in [0.29, 0.717) is 6.54 Å². The zero-order valence-electron chi connectivity index (χ0n) is 14.6. The Kier molecular flexibility index (Phi) is 5.29. The van der Waals surface area contributed by atoms with Crippen LogP contribution in [0.3, 0.4) is 0 Å². The minimum Gasteiger partial charge on any atom is -0.370 e. The third-order valence-electron chi connectivity index (χ3n) is 4.19. The molecule has 2 N–H and O–H groups in total. The van der Waals surface area contributed by atoms with E-state index in [1.165, 1.54) is 5.56 Å². The Morgan fingerprint density at radius 2 is 1.81 bits per heavy atom. The highest BCUT2D eigenvalue weighted by atomic mass is 79.9. The van der Waals surface area contributed by atoms with Crippen molar-refractivity contribution in [1.82, 2.24) is 19.6 Å². The Morgan fingerprint density at radius 1 is 0.963 bits per heavy atom. The van der Waals surface area contributed by atoms with E-state index in [1.807, 2.05) is 30.5 Å². The summed E-state index contributed by atoms with van der Waals surface area (Å²) in [5, 5.41) is 11.2. The molecule has 0 aliphatic heterocycles. The third kappa shape index (κ3) is 4.25. The van der Waals surface area contributed by atoms with E-state index in [4.69, 9.17) is 0 Å². The normalized spacial score (nSPS) is 10.9. The summed E-state index contributed by atoms with van der Waals surface area (Å²) in [5.74, 6) is 1.69. The number of nitrogens with zero attached hydrogens (tertiary/aromatic N) is 4. The number of anilines is 2. The van der Waals surface area contributed by atoms with Crippen molar-refractivity contribution in [3.8, 4) is 0 Å². The molecule has 0 fully saturated rings. The van der Waals surface area contributed by atoms with Gasteiger partial charge < -0.3 is 10.6 Å². The van der Waals surface area contributed by atoms with Crippen LogP contribution in [-0.4, -0.2) is 26.1 Å². The highest BCUT2D eigenvalue weighted by Gasteiger charge is 2.10. The Bertz CT molecular complexity index is 1020. The number of rotatable bonds is 7. The largest absolute Gasteiger partial charge is 0.370 e. The van der Waals surface area contributed by atoms with Crippen molar-refractivity contribution in [2.24, 2.45) is 0 Å². The second-order valence-electron chi connectivity index (χ2n) is 6.13. The lowest BCUT2D eigenvalue weighted by atomic mass is 10.1. The molecule has 0 aliphatic carbocycles. The van der Waals surface area contributed by atoms with Crippen molar-refractivity contribution in [1.29, 1.82) is 0 Å². The average Bonchev–Trinajstić information content (AvgIpc) is 3.09. The highest BCUT2D eigenvalue weighted by molar-refractivity contribution is 9.10. The van der Waals surface area contributed by atoms with E-state index in [2.05, 4.69) is 65.9 Å². The zero-order valence-corrected chi connectivity index (χ0v) is 16.2. The van der Waals surface area contributed by atoms with Gasteiger partial charge in [0, 0.05) is 31.5 Å². The minimum absolute atomic E-state index is 0.661. The molecule has 6 nitrogen and oxygen atoms in total. The molecular formula is C20H19BrN6. The number of halogens is 1. The van der Waals surface area contributed by atoms with Crippen molar-refractivity contribution < 1.29 is 0 Å². The number of benzene rings is 1. The first kappa shape index (κ1) is 17.5. The molecule has 0 atom stereocenters. The lowest BCUT2D eigenvalue weighted by molar-refractivity contribution is 0.919. The quantitative estimate of drug-likeness (QED) is 0.468. The van der Waals surface area contributed by atoms with E-state index in [1.54, 1.807) is 16.9 Å². The molecule has 27 heavy (non-hydrogen) atoms. The van der Waals surface area contributed by atoms with Crippen LogP contribution >= 0.6 is 15.9 Å². The van der Waals surface area contributed by atoms with Crippen molar-refractivity contribution in [3.05, 3.63) is 82.7 Å². The minimum atomic E-state index is 0.661. The van der Waals surface area contributed by atoms with Crippen LogP contribution in [0.2, 0.25) is 0 Å². The molecule has 4 aromatic rings. The number of hydrogen-bond acceptors (Lipinski definition) is 5. The maximum Gasteiger partial charge on any atom is 0.173 e. The molecule has 136 valence electrons. The molecule has 0 aliphatic rings. The Morgan fingerprint density at radius 3 is 2.63 bits per heavy atom. The fraction of sp³-hybridized carbons (Fsp3) is 0.150. The van der Waals surface area contributed by atoms with Gasteiger partial charge in [0.25, 0.3) is 0 Å². The summed E-state index contributed by atoms with van der Waals surface area (Å²) in [5.41, 5.74) is 3.17. The first-order chi connectivity index (χ1) is 13.3. The zero-order chi connectivity index (χ0) is 18.5. The lowest BCUT2D eigenvalue weighted by Gasteiger charge is -2.12. The number of hydrogen-bond donors (Lipinski definition) is 2. The summed E-state index contributed by atoms with van der Waals surface area (Å²) in [6.45, 7) is 1.47. The molecule has 0 unspecified atom stereocenters. The predicted molar refractivity (Wildman–Crippen MR) is 111 cm³/mol. The smallest absolute Gasteiger partial charge is 0.173 e. The van der Waals surface area contributed by atoms with E-state index in [-0.39, 0.29) is 0 Å². The molecule has 1 aromatic carbocycles. The molecule has 0 amide bonds. The van der Waals surface area contributed by atoms with Gasteiger partial charge in [-0.05, 0) is 39.5 Å². The lowest BCUT2D eigenvalue weighted by Crippen LogP contribution is -2.10. The van der Waals surface area contributed by atoms with Gasteiger partial charge in [-0.15, -0.1) is 0 Å². The first-order valence-electron chi connectivity index (χ1n) is 8.74. The highest BCUT2D eigenvalue weighted by Crippen LogP contribution is 2.22. The molecule has 0 saturated carbocycles. The van der Waals surface area contributed by atoms with Crippen LogP contribution in [-0.2, 0) is 13.0 Å². The molecule has 3 heterocycles. The summed E-state index contributed by atoms with van der Waals surface area (Å²) >= 11 is 3.52. The van der Waals surface area contributed by atoms with Gasteiger partial charge in [0.1, 0.15) is 11.6 Å². The number of nitrogens with one attached hydrogen (secondary N) is 2. The van der Waals surface area contributed by atoms with E-state index < -0.39 is 0 Å². The van der Waals surface area contributed by atoms with Crippen molar-refractivity contribution in [3.63, 3.8) is 0 Å². The molecule has 3 aromatic heterocycles. The second kappa shape index (κ2) is 8.18. The number of fused-ring (bicyclic) bond motifs is 1. The summed E-state index contributed by atoms with van der Waals surface area (Å²) < 4.78 is 2.65. The number of pyridine rings is 1. The van der Waals surface area contributed by atoms with Gasteiger partial charge in [-0.25, -0.2) is 4.98 Å². The van der Waals surface area contributed by atoms with Gasteiger partial charge in [-0.1, -0.05) is 36.4 Å². The Balaban J connectivity index is 1.51. The molecule has 7 heteroatoms.